The van der Waals surface area contributed by atoms with Gasteiger partial charge in [0.1, 0.15) is 11.4 Å². The van der Waals surface area contributed by atoms with Crippen LogP contribution in [0.4, 0.5) is 10.6 Å². The highest BCUT2D eigenvalue weighted by Gasteiger charge is 2.34. The number of rotatable bonds is 0. The van der Waals surface area contributed by atoms with Gasteiger partial charge < -0.3 is 4.74 Å². The number of fused-ring (bicyclic) bond motifs is 1. The molecule has 1 aromatic rings. The Morgan fingerprint density at radius 2 is 2.24 bits per heavy atom. The monoisotopic (exact) mass is 234 g/mol. The molecule has 0 spiro atoms. The van der Waals surface area contributed by atoms with Gasteiger partial charge in [-0.2, -0.15) is 0 Å². The Morgan fingerprint density at radius 1 is 1.53 bits per heavy atom. The predicted octanol–water partition coefficient (Wildman–Crippen LogP) is 2.77. The first-order valence-corrected chi connectivity index (χ1v) is 5.84. The third-order valence-electron chi connectivity index (χ3n) is 2.64. The molecule has 0 fully saturated rings. The van der Waals surface area contributed by atoms with Crippen LogP contribution in [0.1, 0.15) is 33.3 Å². The summed E-state index contributed by atoms with van der Waals surface area (Å²) >= 11 is 0. The minimum Gasteiger partial charge on any atom is -0.443 e. The van der Waals surface area contributed by atoms with Crippen LogP contribution < -0.4 is 4.90 Å². The molecule has 1 amide bonds. The van der Waals surface area contributed by atoms with E-state index in [0.29, 0.717) is 0 Å². The van der Waals surface area contributed by atoms with Crippen LogP contribution in [0.3, 0.4) is 0 Å². The quantitative estimate of drug-likeness (QED) is 0.693. The van der Waals surface area contributed by atoms with Gasteiger partial charge in [0.2, 0.25) is 0 Å². The van der Waals surface area contributed by atoms with Gasteiger partial charge in [0, 0.05) is 12.2 Å². The zero-order valence-corrected chi connectivity index (χ0v) is 10.7. The minimum absolute atomic E-state index is 0.106. The van der Waals surface area contributed by atoms with E-state index in [0.717, 1.165) is 17.8 Å². The molecule has 1 aliphatic heterocycles. The number of nitrogens with zero attached hydrogens (tertiary/aromatic N) is 2. The molecular formula is C13H18N2O2. The number of carbonyl (C=O) groups is 1. The number of hydrogen-bond donors (Lipinski definition) is 0. The molecule has 1 aliphatic rings. The molecule has 0 aromatic carbocycles. The van der Waals surface area contributed by atoms with Crippen molar-refractivity contribution in [3.63, 3.8) is 0 Å². The van der Waals surface area contributed by atoms with Crippen molar-refractivity contribution in [1.29, 1.82) is 0 Å². The fourth-order valence-electron chi connectivity index (χ4n) is 2.00. The summed E-state index contributed by atoms with van der Waals surface area (Å²) in [5.41, 5.74) is 0.625. The Balaban J connectivity index is 2.25. The fourth-order valence-corrected chi connectivity index (χ4v) is 2.00. The van der Waals surface area contributed by atoms with Gasteiger partial charge in [0.25, 0.3) is 0 Å². The van der Waals surface area contributed by atoms with Crippen LogP contribution >= 0.6 is 0 Å². The van der Waals surface area contributed by atoms with Gasteiger partial charge in [0.05, 0.1) is 0 Å². The minimum atomic E-state index is -0.478. The van der Waals surface area contributed by atoms with Crippen LogP contribution in [0.5, 0.6) is 0 Å². The van der Waals surface area contributed by atoms with Crippen LogP contribution in [0.2, 0.25) is 0 Å². The van der Waals surface area contributed by atoms with Crippen molar-refractivity contribution in [2.75, 3.05) is 4.90 Å². The molecule has 0 N–H and O–H groups in total. The highest BCUT2D eigenvalue weighted by molar-refractivity contribution is 5.89. The number of hydrogen-bond acceptors (Lipinski definition) is 3. The summed E-state index contributed by atoms with van der Waals surface area (Å²) in [7, 11) is 0. The zero-order valence-electron chi connectivity index (χ0n) is 10.7. The first kappa shape index (κ1) is 11.9. The number of ether oxygens (including phenoxy) is 1. The molecule has 1 unspecified atom stereocenters. The first-order chi connectivity index (χ1) is 7.88. The van der Waals surface area contributed by atoms with Crippen molar-refractivity contribution in [2.45, 2.75) is 45.8 Å². The average molecular weight is 234 g/mol. The summed E-state index contributed by atoms with van der Waals surface area (Å²) in [6.45, 7) is 7.60. The van der Waals surface area contributed by atoms with Gasteiger partial charge >= 0.3 is 6.09 Å². The molecule has 4 nitrogen and oxygen atoms in total. The maximum absolute atomic E-state index is 12.1. The van der Waals surface area contributed by atoms with Crippen molar-refractivity contribution < 1.29 is 9.53 Å². The van der Waals surface area contributed by atoms with E-state index in [1.165, 1.54) is 0 Å². The van der Waals surface area contributed by atoms with Gasteiger partial charge in [-0.05, 0) is 45.7 Å². The topological polar surface area (TPSA) is 42.4 Å². The third-order valence-corrected chi connectivity index (χ3v) is 2.64. The lowest BCUT2D eigenvalue weighted by atomic mass is 10.2. The molecule has 0 aliphatic carbocycles. The number of aromatic nitrogens is 1. The Bertz CT molecular complexity index is 437. The van der Waals surface area contributed by atoms with E-state index >= 15 is 0 Å². The van der Waals surface area contributed by atoms with Crippen LogP contribution in [-0.4, -0.2) is 22.7 Å². The number of amides is 1. The van der Waals surface area contributed by atoms with Crippen LogP contribution in [0.15, 0.2) is 18.3 Å². The predicted molar refractivity (Wildman–Crippen MR) is 66.1 cm³/mol. The Hall–Kier alpha value is -1.58. The lowest BCUT2D eigenvalue weighted by molar-refractivity contribution is 0.0571. The highest BCUT2D eigenvalue weighted by Crippen LogP contribution is 2.30. The first-order valence-electron chi connectivity index (χ1n) is 5.84. The Labute approximate surface area is 102 Å². The molecule has 17 heavy (non-hydrogen) atoms. The summed E-state index contributed by atoms with van der Waals surface area (Å²) in [6.07, 6.45) is 2.22. The van der Waals surface area contributed by atoms with E-state index in [4.69, 9.17) is 4.74 Å². The maximum atomic E-state index is 12.1. The fraction of sp³-hybridized carbons (Fsp3) is 0.538. The van der Waals surface area contributed by atoms with E-state index in [2.05, 4.69) is 4.98 Å². The number of pyridine rings is 1. The zero-order chi connectivity index (χ0) is 12.6. The smallest absolute Gasteiger partial charge is 0.416 e. The summed E-state index contributed by atoms with van der Waals surface area (Å²) < 4.78 is 5.40. The molecule has 0 saturated carbocycles. The molecule has 0 radical (unpaired) electrons. The van der Waals surface area contributed by atoms with Crippen molar-refractivity contribution in [3.05, 3.63) is 23.9 Å². The summed E-state index contributed by atoms with van der Waals surface area (Å²) in [5, 5.41) is 0. The molecule has 1 atom stereocenters. The molecule has 1 aromatic heterocycles. The molecule has 4 heteroatoms. The van der Waals surface area contributed by atoms with E-state index in [9.17, 15) is 4.79 Å². The van der Waals surface area contributed by atoms with E-state index in [1.54, 1.807) is 11.1 Å². The largest absolute Gasteiger partial charge is 0.443 e. The van der Waals surface area contributed by atoms with Crippen LogP contribution in [-0.2, 0) is 11.2 Å². The molecule has 2 heterocycles. The van der Waals surface area contributed by atoms with Gasteiger partial charge in [-0.25, -0.2) is 9.78 Å². The molecular weight excluding hydrogens is 216 g/mol. The molecule has 2 rings (SSSR count). The average Bonchev–Trinajstić information content (AvgIpc) is 2.50. The number of carbonyl (C=O) groups excluding carboxylic acids is 1. The van der Waals surface area contributed by atoms with Gasteiger partial charge in [-0.1, -0.05) is 6.07 Å². The van der Waals surface area contributed by atoms with E-state index < -0.39 is 5.60 Å². The summed E-state index contributed by atoms with van der Waals surface area (Å²) in [6, 6.07) is 4.00. The Kier molecular flexibility index (Phi) is 2.81. The second-order valence-corrected chi connectivity index (χ2v) is 5.39. The van der Waals surface area contributed by atoms with Crippen molar-refractivity contribution in [1.82, 2.24) is 4.98 Å². The normalized spacial score (nSPS) is 19.1. The molecule has 0 saturated heterocycles. The summed E-state index contributed by atoms with van der Waals surface area (Å²) in [5.74, 6) is 0.731. The Morgan fingerprint density at radius 3 is 2.88 bits per heavy atom. The molecule has 0 bridgehead atoms. The second kappa shape index (κ2) is 4.02. The van der Waals surface area contributed by atoms with Gasteiger partial charge in [-0.3, -0.25) is 4.90 Å². The lowest BCUT2D eigenvalue weighted by Crippen LogP contribution is -2.40. The van der Waals surface area contributed by atoms with Gasteiger partial charge in [0.15, 0.2) is 0 Å². The van der Waals surface area contributed by atoms with E-state index in [1.807, 2.05) is 39.8 Å². The lowest BCUT2D eigenvalue weighted by Gasteiger charge is -2.26. The maximum Gasteiger partial charge on any atom is 0.416 e. The summed E-state index contributed by atoms with van der Waals surface area (Å²) in [4.78, 5) is 18.0. The SMILES string of the molecule is CC1Cc2cccnc2N1C(=O)OC(C)(C)C. The standard InChI is InChI=1S/C13H18N2O2/c1-9-8-10-6-5-7-14-11(10)15(9)12(16)17-13(2,3)4/h5-7,9H,8H2,1-4H3. The van der Waals surface area contributed by atoms with Crippen molar-refractivity contribution in [2.24, 2.45) is 0 Å². The van der Waals surface area contributed by atoms with Gasteiger partial charge in [-0.15, -0.1) is 0 Å². The van der Waals surface area contributed by atoms with Crippen molar-refractivity contribution >= 4 is 11.9 Å². The van der Waals surface area contributed by atoms with Crippen molar-refractivity contribution in [3.8, 4) is 0 Å². The van der Waals surface area contributed by atoms with E-state index in [-0.39, 0.29) is 12.1 Å². The number of anilines is 1. The van der Waals surface area contributed by atoms with Crippen LogP contribution in [0, 0.1) is 0 Å². The highest BCUT2D eigenvalue weighted by atomic mass is 16.6. The molecule has 92 valence electrons. The second-order valence-electron chi connectivity index (χ2n) is 5.39. The third kappa shape index (κ3) is 2.40. The van der Waals surface area contributed by atoms with Crippen LogP contribution in [0.25, 0.3) is 0 Å².